The van der Waals surface area contributed by atoms with Crippen molar-refractivity contribution in [3.63, 3.8) is 0 Å². The maximum atomic E-state index is 14.9. The molecule has 12 nitrogen and oxygen atoms in total. The molecule has 0 spiro atoms. The molecule has 3 aromatic carbocycles. The molecule has 3 aliphatic heterocycles. The summed E-state index contributed by atoms with van der Waals surface area (Å²) in [5, 5.41) is 1.19. The van der Waals surface area contributed by atoms with Gasteiger partial charge in [-0.2, -0.15) is 0 Å². The van der Waals surface area contributed by atoms with Gasteiger partial charge in [0.15, 0.2) is 23.5 Å². The Kier molecular flexibility index (Phi) is 6.92. The van der Waals surface area contributed by atoms with Crippen molar-refractivity contribution < 1.29 is 47.3 Å². The highest BCUT2D eigenvalue weighted by molar-refractivity contribution is 6.09. The fourth-order valence-corrected chi connectivity index (χ4v) is 10.0. The third-order valence-corrected chi connectivity index (χ3v) is 14.7. The van der Waals surface area contributed by atoms with Crippen LogP contribution in [0.5, 0.6) is 5.75 Å². The largest absolute Gasteiger partial charge is 0.483 e. The first-order chi connectivity index (χ1) is 25.8. The fraction of sp³-hybridized carbons (Fsp3) is 0.488. The molecule has 4 bridgehead atoms. The van der Waals surface area contributed by atoms with Crippen LogP contribution in [0, 0.1) is 21.7 Å². The molecule has 0 N–H and O–H groups in total. The van der Waals surface area contributed by atoms with Crippen molar-refractivity contribution in [3.8, 4) is 17.0 Å². The molecule has 1 aromatic heterocycles. The van der Waals surface area contributed by atoms with E-state index in [0.717, 1.165) is 0 Å². The Morgan fingerprint density at radius 1 is 0.673 bits per heavy atom. The van der Waals surface area contributed by atoms with Crippen LogP contribution in [-0.2, 0) is 38.1 Å². The molecule has 6 unspecified atom stereocenters. The van der Waals surface area contributed by atoms with E-state index in [1.165, 1.54) is 0 Å². The predicted octanol–water partition coefficient (Wildman–Crippen LogP) is 6.92. The molecular weight excluding hydrogens is 706 g/mol. The van der Waals surface area contributed by atoms with Crippen LogP contribution in [0.3, 0.4) is 0 Å². The Morgan fingerprint density at radius 3 is 1.73 bits per heavy atom. The zero-order valence-electron chi connectivity index (χ0n) is 32.1. The summed E-state index contributed by atoms with van der Waals surface area (Å²) in [5.41, 5.74) is -8.19. The number of fused-ring (bicyclic) bond motifs is 10. The molecular formula is C43H43NO11. The van der Waals surface area contributed by atoms with E-state index in [0.29, 0.717) is 29.2 Å². The normalized spacial score (nSPS) is 33.2. The van der Waals surface area contributed by atoms with Gasteiger partial charge in [-0.25, -0.2) is 19.4 Å². The minimum atomic E-state index is -1.66. The van der Waals surface area contributed by atoms with E-state index in [9.17, 15) is 24.0 Å². The van der Waals surface area contributed by atoms with Crippen molar-refractivity contribution >= 4 is 45.7 Å². The standard InChI is InChI=1S/C43H43NO11/c1-37(2)31(52-36(49)43-21-19-41(8,34(47)55-43)39(43,5)6)30(51-35(48)42-20-18-40(7,33(46)54-42)38(42,3)4)25-28(53-37)24-17-13-12-16-23(24)27-29(25)50-32(45)26(44-27)22-14-10-9-11-15-22/h9-17,30-31H,18-21H2,1-8H3. The summed E-state index contributed by atoms with van der Waals surface area (Å²) in [5.74, 6) is -2.38. The van der Waals surface area contributed by atoms with Gasteiger partial charge >= 0.3 is 29.5 Å². The van der Waals surface area contributed by atoms with Crippen LogP contribution in [0.15, 0.2) is 63.8 Å². The lowest BCUT2D eigenvalue weighted by atomic mass is 9.66. The average molecular weight is 750 g/mol. The van der Waals surface area contributed by atoms with Gasteiger partial charge in [0.25, 0.3) is 0 Å². The molecule has 4 aromatic rings. The van der Waals surface area contributed by atoms with E-state index in [4.69, 9.17) is 33.1 Å². The number of nitrogens with zero attached hydrogens (tertiary/aromatic N) is 1. The van der Waals surface area contributed by atoms with Crippen molar-refractivity contribution in [2.75, 3.05) is 0 Å². The molecule has 4 fully saturated rings. The van der Waals surface area contributed by atoms with E-state index in [2.05, 4.69) is 0 Å². The first-order valence-electron chi connectivity index (χ1n) is 18.8. The van der Waals surface area contributed by atoms with Gasteiger partial charge in [-0.05, 0) is 53.4 Å². The summed E-state index contributed by atoms with van der Waals surface area (Å²) in [7, 11) is 0. The first-order valence-corrected chi connectivity index (χ1v) is 18.8. The number of rotatable bonds is 5. The number of carbonyl (C=O) groups is 4. The van der Waals surface area contributed by atoms with Gasteiger partial charge in [0, 0.05) is 27.2 Å². The zero-order chi connectivity index (χ0) is 39.3. The fourth-order valence-electron chi connectivity index (χ4n) is 10.0. The van der Waals surface area contributed by atoms with E-state index >= 15 is 0 Å². The predicted molar refractivity (Wildman–Crippen MR) is 197 cm³/mol. The highest BCUT2D eigenvalue weighted by atomic mass is 16.7. The molecule has 6 atom stereocenters. The minimum absolute atomic E-state index is 0.0246. The molecule has 9 rings (SSSR count). The summed E-state index contributed by atoms with van der Waals surface area (Å²) in [6, 6.07) is 16.2. The number of hydrogen-bond acceptors (Lipinski definition) is 12. The highest BCUT2D eigenvalue weighted by Gasteiger charge is 2.78. The van der Waals surface area contributed by atoms with Crippen LogP contribution in [0.2, 0.25) is 0 Å². The number of hydrogen-bond donors (Lipinski definition) is 0. The second kappa shape index (κ2) is 10.7. The van der Waals surface area contributed by atoms with Gasteiger partial charge in [-0.15, -0.1) is 0 Å². The molecule has 12 heteroatoms. The van der Waals surface area contributed by atoms with Crippen LogP contribution < -0.4 is 10.4 Å². The zero-order valence-corrected chi connectivity index (χ0v) is 32.1. The molecule has 2 saturated heterocycles. The molecule has 0 radical (unpaired) electrons. The minimum Gasteiger partial charge on any atom is -0.483 e. The Hall–Kier alpha value is -5.26. The molecule has 286 valence electrons. The smallest absolute Gasteiger partial charge is 0.363 e. The number of esters is 4. The Labute approximate surface area is 316 Å². The van der Waals surface area contributed by atoms with Gasteiger partial charge in [0.1, 0.15) is 16.9 Å². The summed E-state index contributed by atoms with van der Waals surface area (Å²) in [6.45, 7) is 14.3. The second-order valence-electron chi connectivity index (χ2n) is 17.9. The van der Waals surface area contributed by atoms with Crippen LogP contribution in [-0.4, -0.2) is 51.8 Å². The monoisotopic (exact) mass is 749 g/mol. The number of carbonyl (C=O) groups excluding carboxylic acids is 4. The Balaban J connectivity index is 1.26. The van der Waals surface area contributed by atoms with Crippen molar-refractivity contribution in [2.24, 2.45) is 21.7 Å². The van der Waals surface area contributed by atoms with E-state index in [1.807, 2.05) is 58.0 Å². The van der Waals surface area contributed by atoms with Crippen LogP contribution >= 0.6 is 0 Å². The number of ether oxygens (including phenoxy) is 5. The maximum absolute atomic E-state index is 14.9. The lowest BCUT2D eigenvalue weighted by Gasteiger charge is -2.46. The van der Waals surface area contributed by atoms with Crippen molar-refractivity contribution in [1.82, 2.24) is 4.98 Å². The number of aromatic nitrogens is 1. The van der Waals surface area contributed by atoms with Gasteiger partial charge in [-0.1, -0.05) is 82.3 Å². The van der Waals surface area contributed by atoms with Gasteiger partial charge in [-0.3, -0.25) is 9.59 Å². The lowest BCUT2D eigenvalue weighted by Crippen LogP contribution is -2.57. The quantitative estimate of drug-likeness (QED) is 0.118. The van der Waals surface area contributed by atoms with Crippen molar-refractivity contribution in [1.29, 1.82) is 0 Å². The van der Waals surface area contributed by atoms with Crippen LogP contribution in [0.1, 0.15) is 92.7 Å². The average Bonchev–Trinajstić information content (AvgIpc) is 3.61. The maximum Gasteiger partial charge on any atom is 0.363 e. The molecule has 55 heavy (non-hydrogen) atoms. The van der Waals surface area contributed by atoms with Crippen molar-refractivity contribution in [3.05, 3.63) is 70.6 Å². The lowest BCUT2D eigenvalue weighted by molar-refractivity contribution is -0.217. The van der Waals surface area contributed by atoms with E-state index < -0.39 is 80.2 Å². The second-order valence-corrected chi connectivity index (χ2v) is 17.9. The van der Waals surface area contributed by atoms with Crippen molar-refractivity contribution in [2.45, 2.75) is 110 Å². The SMILES string of the molecule is CC1(C)Oc2c(c3oc(=O)c(-c4ccccc4)nc3c3ccccc23)C(OC(=O)C23CCC(C)(C(=O)O2)C3(C)C)C1OC(=O)C12CCC(C)(C(=O)O1)C2(C)C. The van der Waals surface area contributed by atoms with E-state index in [1.54, 1.807) is 52.0 Å². The highest BCUT2D eigenvalue weighted by Crippen LogP contribution is 2.68. The summed E-state index contributed by atoms with van der Waals surface area (Å²) in [4.78, 5) is 74.8. The first kappa shape index (κ1) is 35.4. The molecule has 2 aliphatic carbocycles. The Bertz CT molecular complexity index is 2470. The summed E-state index contributed by atoms with van der Waals surface area (Å²) < 4.78 is 37.8. The summed E-state index contributed by atoms with van der Waals surface area (Å²) in [6.07, 6.45) is -1.60. The van der Waals surface area contributed by atoms with Crippen LogP contribution in [0.25, 0.3) is 33.1 Å². The summed E-state index contributed by atoms with van der Waals surface area (Å²) >= 11 is 0. The van der Waals surface area contributed by atoms with Crippen LogP contribution in [0.4, 0.5) is 0 Å². The topological polar surface area (TPSA) is 158 Å². The molecule has 4 heterocycles. The van der Waals surface area contributed by atoms with Gasteiger partial charge in [0.05, 0.1) is 16.4 Å². The molecule has 2 saturated carbocycles. The third-order valence-electron chi connectivity index (χ3n) is 14.7. The Morgan fingerprint density at radius 2 is 1.20 bits per heavy atom. The molecule has 0 amide bonds. The third kappa shape index (κ3) is 4.12. The van der Waals surface area contributed by atoms with Gasteiger partial charge in [0.2, 0.25) is 11.2 Å². The van der Waals surface area contributed by atoms with E-state index in [-0.39, 0.29) is 40.9 Å². The molecule has 5 aliphatic rings. The number of benzene rings is 3. The van der Waals surface area contributed by atoms with Gasteiger partial charge < -0.3 is 28.1 Å².